The Hall–Kier alpha value is -1.77. The van der Waals surface area contributed by atoms with Gasteiger partial charge in [0.2, 0.25) is 0 Å². The lowest BCUT2D eigenvalue weighted by molar-refractivity contribution is -0.137. The maximum Gasteiger partial charge on any atom is 0.416 e. The number of guanidine groups is 1. The molecule has 1 aromatic heterocycles. The summed E-state index contributed by atoms with van der Waals surface area (Å²) in [6, 6.07) is 8.50. The molecular formula is C17H19ClF3N3OS. The number of halogens is 4. The van der Waals surface area contributed by atoms with Gasteiger partial charge in [-0.1, -0.05) is 23.7 Å². The zero-order valence-electron chi connectivity index (χ0n) is 14.0. The van der Waals surface area contributed by atoms with Crippen molar-refractivity contribution in [2.75, 3.05) is 13.1 Å². The summed E-state index contributed by atoms with van der Waals surface area (Å²) in [7, 11) is 0. The topological polar surface area (TPSA) is 56.7 Å². The Morgan fingerprint density at radius 2 is 2.04 bits per heavy atom. The molecule has 2 rings (SSSR count). The molecule has 0 saturated heterocycles. The van der Waals surface area contributed by atoms with E-state index in [0.717, 1.165) is 17.0 Å². The molecule has 2 aromatic rings. The summed E-state index contributed by atoms with van der Waals surface area (Å²) in [6.07, 6.45) is -5.14. The van der Waals surface area contributed by atoms with E-state index in [1.54, 1.807) is 18.2 Å². The molecular weight excluding hydrogens is 387 g/mol. The SMILES string of the molecule is CCNC(=NCc1cccc(C(F)(F)F)c1)NCC(O)c1ccc(Cl)s1. The quantitative estimate of drug-likeness (QED) is 0.498. The maximum absolute atomic E-state index is 12.8. The van der Waals surface area contributed by atoms with Crippen LogP contribution in [0, 0.1) is 0 Å². The molecule has 0 aliphatic carbocycles. The van der Waals surface area contributed by atoms with Gasteiger partial charge in [-0.15, -0.1) is 11.3 Å². The standard InChI is InChI=1S/C17H19ClF3N3OS/c1-2-22-16(24-10-13(25)14-6-7-15(18)26-14)23-9-11-4-3-5-12(8-11)17(19,20)21/h3-8,13,25H,2,9-10H2,1H3,(H2,22,23,24). The van der Waals surface area contributed by atoms with Gasteiger partial charge in [-0.2, -0.15) is 13.2 Å². The molecule has 0 amide bonds. The Balaban J connectivity index is 2.00. The Bertz CT molecular complexity index is 749. The van der Waals surface area contributed by atoms with Crippen LogP contribution in [0.2, 0.25) is 4.34 Å². The third-order valence-electron chi connectivity index (χ3n) is 3.40. The fraction of sp³-hybridized carbons (Fsp3) is 0.353. The molecule has 142 valence electrons. The second-order valence-electron chi connectivity index (χ2n) is 5.43. The Morgan fingerprint density at radius 1 is 1.27 bits per heavy atom. The molecule has 0 aliphatic heterocycles. The van der Waals surface area contributed by atoms with Gasteiger partial charge >= 0.3 is 6.18 Å². The van der Waals surface area contributed by atoms with Crippen molar-refractivity contribution in [2.24, 2.45) is 4.99 Å². The minimum Gasteiger partial charge on any atom is -0.386 e. The zero-order chi connectivity index (χ0) is 19.2. The molecule has 0 spiro atoms. The van der Waals surface area contributed by atoms with E-state index in [1.165, 1.54) is 17.4 Å². The summed E-state index contributed by atoms with van der Waals surface area (Å²) < 4.78 is 38.9. The smallest absolute Gasteiger partial charge is 0.386 e. The fourth-order valence-electron chi connectivity index (χ4n) is 2.16. The zero-order valence-corrected chi connectivity index (χ0v) is 15.5. The van der Waals surface area contributed by atoms with Crippen LogP contribution in [0.25, 0.3) is 0 Å². The first-order valence-corrected chi connectivity index (χ1v) is 9.10. The van der Waals surface area contributed by atoms with E-state index in [1.807, 2.05) is 6.92 Å². The lowest BCUT2D eigenvalue weighted by Crippen LogP contribution is -2.39. The van der Waals surface area contributed by atoms with E-state index < -0.39 is 17.8 Å². The molecule has 1 heterocycles. The van der Waals surface area contributed by atoms with Crippen LogP contribution >= 0.6 is 22.9 Å². The monoisotopic (exact) mass is 405 g/mol. The number of benzene rings is 1. The van der Waals surface area contributed by atoms with Gasteiger partial charge in [-0.05, 0) is 36.8 Å². The van der Waals surface area contributed by atoms with Gasteiger partial charge in [0.05, 0.1) is 16.4 Å². The first-order chi connectivity index (χ1) is 12.3. The van der Waals surface area contributed by atoms with Crippen LogP contribution in [-0.4, -0.2) is 24.2 Å². The normalized spacial score (nSPS) is 13.5. The van der Waals surface area contributed by atoms with Crippen molar-refractivity contribution in [3.8, 4) is 0 Å². The first-order valence-electron chi connectivity index (χ1n) is 7.91. The van der Waals surface area contributed by atoms with Gasteiger partial charge in [0.25, 0.3) is 0 Å². The molecule has 0 fully saturated rings. The number of aliphatic hydroxyl groups excluding tert-OH is 1. The molecule has 0 aliphatic rings. The number of aliphatic hydroxyl groups is 1. The second kappa shape index (κ2) is 9.25. The average Bonchev–Trinajstić information content (AvgIpc) is 3.03. The van der Waals surface area contributed by atoms with Crippen LogP contribution in [0.5, 0.6) is 0 Å². The van der Waals surface area contributed by atoms with Gasteiger partial charge in [0.1, 0.15) is 6.10 Å². The summed E-state index contributed by atoms with van der Waals surface area (Å²) in [4.78, 5) is 4.99. The summed E-state index contributed by atoms with van der Waals surface area (Å²) in [5, 5.41) is 16.1. The second-order valence-corrected chi connectivity index (χ2v) is 7.18. The van der Waals surface area contributed by atoms with Gasteiger partial charge in [-0.3, -0.25) is 0 Å². The summed E-state index contributed by atoms with van der Waals surface area (Å²) in [5.41, 5.74) is -0.254. The number of nitrogens with zero attached hydrogens (tertiary/aromatic N) is 1. The number of alkyl halides is 3. The van der Waals surface area contributed by atoms with Crippen molar-refractivity contribution in [3.63, 3.8) is 0 Å². The fourth-order valence-corrected chi connectivity index (χ4v) is 3.21. The highest BCUT2D eigenvalue weighted by molar-refractivity contribution is 7.16. The van der Waals surface area contributed by atoms with Gasteiger partial charge < -0.3 is 15.7 Å². The Morgan fingerprint density at radius 3 is 2.65 bits per heavy atom. The summed E-state index contributed by atoms with van der Waals surface area (Å²) in [6.45, 7) is 2.73. The summed E-state index contributed by atoms with van der Waals surface area (Å²) in [5.74, 6) is 0.409. The molecule has 0 radical (unpaired) electrons. The number of hydrogen-bond acceptors (Lipinski definition) is 3. The van der Waals surface area contributed by atoms with Gasteiger partial charge in [-0.25, -0.2) is 4.99 Å². The average molecular weight is 406 g/mol. The molecule has 1 aromatic carbocycles. The Kier molecular flexibility index (Phi) is 7.31. The van der Waals surface area contributed by atoms with Crippen molar-refractivity contribution >= 4 is 28.9 Å². The van der Waals surface area contributed by atoms with Crippen molar-refractivity contribution in [2.45, 2.75) is 25.7 Å². The van der Waals surface area contributed by atoms with Crippen molar-refractivity contribution in [1.29, 1.82) is 0 Å². The molecule has 4 nitrogen and oxygen atoms in total. The van der Waals surface area contributed by atoms with Gasteiger partial charge in [0.15, 0.2) is 5.96 Å². The molecule has 26 heavy (non-hydrogen) atoms. The molecule has 1 atom stereocenters. The third kappa shape index (κ3) is 6.19. The van der Waals surface area contributed by atoms with Crippen LogP contribution in [0.4, 0.5) is 13.2 Å². The number of hydrogen-bond donors (Lipinski definition) is 3. The maximum atomic E-state index is 12.8. The first kappa shape index (κ1) is 20.5. The minimum atomic E-state index is -4.38. The minimum absolute atomic E-state index is 0.0835. The third-order valence-corrected chi connectivity index (χ3v) is 4.74. The van der Waals surface area contributed by atoms with Crippen molar-refractivity contribution < 1.29 is 18.3 Å². The molecule has 0 saturated carbocycles. The Labute approximate surface area is 158 Å². The summed E-state index contributed by atoms with van der Waals surface area (Å²) >= 11 is 7.13. The number of nitrogens with one attached hydrogen (secondary N) is 2. The van der Waals surface area contributed by atoms with Gasteiger partial charge in [0, 0.05) is 18.0 Å². The lowest BCUT2D eigenvalue weighted by Gasteiger charge is -2.14. The van der Waals surface area contributed by atoms with Crippen LogP contribution in [-0.2, 0) is 12.7 Å². The van der Waals surface area contributed by atoms with E-state index in [9.17, 15) is 18.3 Å². The lowest BCUT2D eigenvalue weighted by atomic mass is 10.1. The number of thiophene rings is 1. The van der Waals surface area contributed by atoms with E-state index >= 15 is 0 Å². The van der Waals surface area contributed by atoms with Crippen molar-refractivity contribution in [3.05, 3.63) is 56.7 Å². The predicted molar refractivity (Wildman–Crippen MR) is 98.6 cm³/mol. The van der Waals surface area contributed by atoms with E-state index in [-0.39, 0.29) is 13.1 Å². The van der Waals surface area contributed by atoms with E-state index in [0.29, 0.717) is 22.4 Å². The highest BCUT2D eigenvalue weighted by atomic mass is 35.5. The van der Waals surface area contributed by atoms with Crippen LogP contribution in [0.15, 0.2) is 41.4 Å². The predicted octanol–water partition coefficient (Wildman–Crippen LogP) is 4.21. The van der Waals surface area contributed by atoms with Crippen LogP contribution in [0.1, 0.15) is 29.0 Å². The molecule has 0 bridgehead atoms. The number of aliphatic imine (C=N–C) groups is 1. The van der Waals surface area contributed by atoms with Crippen molar-refractivity contribution in [1.82, 2.24) is 10.6 Å². The molecule has 3 N–H and O–H groups in total. The number of rotatable bonds is 6. The molecule has 9 heteroatoms. The van der Waals surface area contributed by atoms with E-state index in [4.69, 9.17) is 11.6 Å². The largest absolute Gasteiger partial charge is 0.416 e. The van der Waals surface area contributed by atoms with E-state index in [2.05, 4.69) is 15.6 Å². The van der Waals surface area contributed by atoms with Crippen LogP contribution in [0.3, 0.4) is 0 Å². The highest BCUT2D eigenvalue weighted by Gasteiger charge is 2.30. The van der Waals surface area contributed by atoms with Crippen LogP contribution < -0.4 is 10.6 Å². The molecule has 1 unspecified atom stereocenters. The highest BCUT2D eigenvalue weighted by Crippen LogP contribution is 2.29.